The summed E-state index contributed by atoms with van der Waals surface area (Å²) in [7, 11) is 0. The maximum absolute atomic E-state index is 12.9. The van der Waals surface area contributed by atoms with Gasteiger partial charge in [0.1, 0.15) is 17.9 Å². The van der Waals surface area contributed by atoms with Gasteiger partial charge in [0.05, 0.1) is 6.07 Å². The SMILES string of the molecule is N#CC1CC(CN[C@H]2CCCC[C@@H]2Oc2ccc3c(c2)CN(C2CCC(=O)NC2=O)C3=O)C1. The van der Waals surface area contributed by atoms with E-state index >= 15 is 0 Å². The topological polar surface area (TPSA) is 112 Å². The number of nitrogens with one attached hydrogen (secondary N) is 2. The van der Waals surface area contributed by atoms with Crippen molar-refractivity contribution in [2.45, 2.75) is 76.1 Å². The second-order valence-electron chi connectivity index (χ2n) is 9.84. The molecule has 0 aromatic heterocycles. The third kappa shape index (κ3) is 4.47. The highest BCUT2D eigenvalue weighted by Crippen LogP contribution is 2.34. The number of benzene rings is 1. The molecule has 33 heavy (non-hydrogen) atoms. The number of ether oxygens (including phenoxy) is 1. The number of carbonyl (C=O) groups is 3. The molecule has 3 amide bonds. The molecule has 2 aliphatic carbocycles. The van der Waals surface area contributed by atoms with Gasteiger partial charge in [-0.15, -0.1) is 0 Å². The van der Waals surface area contributed by atoms with Gasteiger partial charge in [-0.3, -0.25) is 19.7 Å². The van der Waals surface area contributed by atoms with Crippen molar-refractivity contribution in [2.24, 2.45) is 11.8 Å². The molecule has 0 spiro atoms. The number of amides is 3. The number of nitrogens with zero attached hydrogens (tertiary/aromatic N) is 2. The number of rotatable bonds is 6. The van der Waals surface area contributed by atoms with E-state index in [2.05, 4.69) is 16.7 Å². The summed E-state index contributed by atoms with van der Waals surface area (Å²) in [5.74, 6) is 0.713. The molecule has 4 aliphatic rings. The summed E-state index contributed by atoms with van der Waals surface area (Å²) in [5, 5.41) is 15.0. The summed E-state index contributed by atoms with van der Waals surface area (Å²) in [6.45, 7) is 1.29. The van der Waals surface area contributed by atoms with Crippen LogP contribution < -0.4 is 15.4 Å². The highest BCUT2D eigenvalue weighted by Gasteiger charge is 2.39. The van der Waals surface area contributed by atoms with Crippen LogP contribution in [0, 0.1) is 23.2 Å². The molecule has 1 unspecified atom stereocenters. The molecule has 5 rings (SSSR count). The Morgan fingerprint density at radius 2 is 1.97 bits per heavy atom. The quantitative estimate of drug-likeness (QED) is 0.643. The Morgan fingerprint density at radius 3 is 2.76 bits per heavy atom. The molecular weight excluding hydrogens is 420 g/mol. The van der Waals surface area contributed by atoms with E-state index in [0.29, 0.717) is 24.4 Å². The summed E-state index contributed by atoms with van der Waals surface area (Å²) in [6.07, 6.45) is 7.05. The van der Waals surface area contributed by atoms with Gasteiger partial charge in [-0.05, 0) is 74.8 Å². The van der Waals surface area contributed by atoms with E-state index in [1.54, 1.807) is 11.0 Å². The van der Waals surface area contributed by atoms with Crippen LogP contribution in [-0.2, 0) is 16.1 Å². The number of fused-ring (bicyclic) bond motifs is 1. The maximum atomic E-state index is 12.9. The molecule has 1 aromatic carbocycles. The number of carbonyl (C=O) groups excluding carboxylic acids is 3. The van der Waals surface area contributed by atoms with Crippen molar-refractivity contribution < 1.29 is 19.1 Å². The van der Waals surface area contributed by atoms with Crippen LogP contribution in [0.25, 0.3) is 0 Å². The molecular formula is C25H30N4O4. The van der Waals surface area contributed by atoms with Gasteiger partial charge in [0.25, 0.3) is 5.91 Å². The van der Waals surface area contributed by atoms with Crippen molar-refractivity contribution >= 4 is 17.7 Å². The highest BCUT2D eigenvalue weighted by molar-refractivity contribution is 6.05. The van der Waals surface area contributed by atoms with Crippen LogP contribution in [0.2, 0.25) is 0 Å². The van der Waals surface area contributed by atoms with Crippen molar-refractivity contribution in [1.82, 2.24) is 15.5 Å². The Hall–Kier alpha value is -2.92. The van der Waals surface area contributed by atoms with Gasteiger partial charge >= 0.3 is 0 Å². The molecule has 8 heteroatoms. The molecule has 0 radical (unpaired) electrons. The van der Waals surface area contributed by atoms with Crippen molar-refractivity contribution in [3.05, 3.63) is 29.3 Å². The summed E-state index contributed by atoms with van der Waals surface area (Å²) in [6, 6.07) is 7.59. The Morgan fingerprint density at radius 1 is 1.15 bits per heavy atom. The standard InChI is InChI=1S/C25H30N4O4/c26-12-15-9-16(10-15)13-27-20-3-1-2-4-22(20)33-18-5-6-19-17(11-18)14-29(25(19)32)21-7-8-23(30)28-24(21)31/h5-6,11,15-16,20-22,27H,1-4,7-10,13-14H2,(H,28,30,31)/t15?,16?,20-,21?,22-/m0/s1. The van der Waals surface area contributed by atoms with E-state index in [0.717, 1.165) is 50.0 Å². The zero-order valence-corrected chi connectivity index (χ0v) is 18.7. The number of hydrogen-bond acceptors (Lipinski definition) is 6. The summed E-state index contributed by atoms with van der Waals surface area (Å²) in [4.78, 5) is 38.2. The van der Waals surface area contributed by atoms with Crippen LogP contribution in [0.1, 0.15) is 67.3 Å². The number of nitriles is 1. The Kier molecular flexibility index (Phi) is 6.07. The number of imide groups is 1. The molecule has 8 nitrogen and oxygen atoms in total. The van der Waals surface area contributed by atoms with Gasteiger partial charge < -0.3 is 15.0 Å². The van der Waals surface area contributed by atoms with Crippen LogP contribution in [0.4, 0.5) is 0 Å². The number of hydrogen-bond donors (Lipinski definition) is 2. The largest absolute Gasteiger partial charge is 0.489 e. The summed E-state index contributed by atoms with van der Waals surface area (Å²) >= 11 is 0. The van der Waals surface area contributed by atoms with E-state index in [9.17, 15) is 14.4 Å². The first-order chi connectivity index (χ1) is 16.0. The lowest BCUT2D eigenvalue weighted by Gasteiger charge is -2.36. The van der Waals surface area contributed by atoms with E-state index in [-0.39, 0.29) is 36.3 Å². The van der Waals surface area contributed by atoms with E-state index in [1.807, 2.05) is 12.1 Å². The smallest absolute Gasteiger partial charge is 0.255 e. The van der Waals surface area contributed by atoms with E-state index in [1.165, 1.54) is 6.42 Å². The maximum Gasteiger partial charge on any atom is 0.255 e. The fourth-order valence-electron chi connectivity index (χ4n) is 5.60. The van der Waals surface area contributed by atoms with Crippen molar-refractivity contribution in [2.75, 3.05) is 6.54 Å². The fourth-order valence-corrected chi connectivity index (χ4v) is 5.60. The van der Waals surface area contributed by atoms with Crippen molar-refractivity contribution in [3.63, 3.8) is 0 Å². The zero-order chi connectivity index (χ0) is 22.9. The third-order valence-corrected chi connectivity index (χ3v) is 7.57. The van der Waals surface area contributed by atoms with Gasteiger partial charge in [0, 0.05) is 30.5 Å². The lowest BCUT2D eigenvalue weighted by Crippen LogP contribution is -2.52. The van der Waals surface area contributed by atoms with Gasteiger partial charge in [-0.1, -0.05) is 6.42 Å². The predicted octanol–water partition coefficient (Wildman–Crippen LogP) is 2.28. The van der Waals surface area contributed by atoms with Gasteiger partial charge in [-0.2, -0.15) is 5.26 Å². The van der Waals surface area contributed by atoms with E-state index < -0.39 is 11.9 Å². The Balaban J connectivity index is 1.21. The molecule has 3 atom stereocenters. The average Bonchev–Trinajstić information content (AvgIpc) is 3.09. The first kappa shape index (κ1) is 21.9. The van der Waals surface area contributed by atoms with Gasteiger partial charge in [0.2, 0.25) is 11.8 Å². The number of piperidine rings is 1. The third-order valence-electron chi connectivity index (χ3n) is 7.57. The first-order valence-electron chi connectivity index (χ1n) is 12.1. The summed E-state index contributed by atoms with van der Waals surface area (Å²) in [5.41, 5.74) is 1.46. The minimum atomic E-state index is -0.606. The minimum Gasteiger partial charge on any atom is -0.489 e. The molecule has 1 saturated heterocycles. The van der Waals surface area contributed by atoms with Gasteiger partial charge in [0.15, 0.2) is 0 Å². The molecule has 174 valence electrons. The lowest BCUT2D eigenvalue weighted by molar-refractivity contribution is -0.136. The highest BCUT2D eigenvalue weighted by atomic mass is 16.5. The zero-order valence-electron chi connectivity index (χ0n) is 18.7. The van der Waals surface area contributed by atoms with Crippen LogP contribution in [0.3, 0.4) is 0 Å². The molecule has 2 N–H and O–H groups in total. The van der Waals surface area contributed by atoms with Crippen LogP contribution >= 0.6 is 0 Å². The second kappa shape index (κ2) is 9.14. The first-order valence-corrected chi connectivity index (χ1v) is 12.1. The molecule has 2 heterocycles. The average molecular weight is 451 g/mol. The van der Waals surface area contributed by atoms with Crippen molar-refractivity contribution in [1.29, 1.82) is 5.26 Å². The molecule has 0 bridgehead atoms. The predicted molar refractivity (Wildman–Crippen MR) is 119 cm³/mol. The van der Waals surface area contributed by atoms with Crippen LogP contribution in [0.15, 0.2) is 18.2 Å². The van der Waals surface area contributed by atoms with Crippen LogP contribution in [-0.4, -0.2) is 47.4 Å². The molecule has 1 aromatic rings. The van der Waals surface area contributed by atoms with Crippen molar-refractivity contribution in [3.8, 4) is 11.8 Å². The van der Waals surface area contributed by atoms with Crippen LogP contribution in [0.5, 0.6) is 5.75 Å². The van der Waals surface area contributed by atoms with Gasteiger partial charge in [-0.25, -0.2) is 0 Å². The molecule has 2 aliphatic heterocycles. The molecule has 2 saturated carbocycles. The second-order valence-corrected chi connectivity index (χ2v) is 9.84. The Bertz CT molecular complexity index is 997. The summed E-state index contributed by atoms with van der Waals surface area (Å²) < 4.78 is 6.40. The van der Waals surface area contributed by atoms with E-state index in [4.69, 9.17) is 10.00 Å². The fraction of sp³-hybridized carbons (Fsp3) is 0.600. The lowest BCUT2D eigenvalue weighted by atomic mass is 9.75. The monoisotopic (exact) mass is 450 g/mol. The normalized spacial score (nSPS) is 31.4. The molecule has 3 fully saturated rings. The Labute approximate surface area is 193 Å². The minimum absolute atomic E-state index is 0.0759.